The Morgan fingerprint density at radius 1 is 0.931 bits per heavy atom. The highest BCUT2D eigenvalue weighted by Crippen LogP contribution is 2.19. The quantitative estimate of drug-likeness (QED) is 0.483. The molecule has 2 aromatic heterocycles. The van der Waals surface area contributed by atoms with Crippen LogP contribution in [0.15, 0.2) is 71.5 Å². The van der Waals surface area contributed by atoms with Crippen LogP contribution in [0, 0.1) is 0 Å². The highest BCUT2D eigenvalue weighted by atomic mass is 16.5. The fourth-order valence-corrected chi connectivity index (χ4v) is 2.73. The maximum Gasteiger partial charge on any atom is 0.274 e. The summed E-state index contributed by atoms with van der Waals surface area (Å²) < 4.78 is 5.08. The Morgan fingerprint density at radius 2 is 1.72 bits per heavy atom. The zero-order valence-electron chi connectivity index (χ0n) is 15.1. The molecule has 0 saturated heterocycles. The first-order valence-electron chi connectivity index (χ1n) is 8.75. The van der Waals surface area contributed by atoms with Gasteiger partial charge in [0.2, 0.25) is 0 Å². The molecule has 2 amide bonds. The zero-order valence-corrected chi connectivity index (χ0v) is 15.1. The van der Waals surface area contributed by atoms with Crippen LogP contribution in [0.3, 0.4) is 0 Å². The molecule has 0 saturated carbocycles. The molecule has 8 heteroatoms. The number of aromatic nitrogens is 2. The third-order valence-corrected chi connectivity index (χ3v) is 4.24. The summed E-state index contributed by atoms with van der Waals surface area (Å²) in [6, 6.07) is 15.0. The lowest BCUT2D eigenvalue weighted by Crippen LogP contribution is -2.15. The number of pyridine rings is 1. The first-order chi connectivity index (χ1) is 14.1. The number of nitrogens with one attached hydrogen (secondary N) is 2. The third kappa shape index (κ3) is 4.12. The Hall–Kier alpha value is -4.04. The average Bonchev–Trinajstić information content (AvgIpc) is 3.22. The fourth-order valence-electron chi connectivity index (χ4n) is 2.73. The van der Waals surface area contributed by atoms with Gasteiger partial charge in [-0.2, -0.15) is 0 Å². The minimum Gasteiger partial charge on any atom is -0.392 e. The molecule has 4 rings (SSSR count). The molecule has 0 aliphatic heterocycles. The van der Waals surface area contributed by atoms with Crippen molar-refractivity contribution in [1.29, 1.82) is 0 Å². The number of rotatable bonds is 5. The first-order valence-corrected chi connectivity index (χ1v) is 8.75. The van der Waals surface area contributed by atoms with Crippen molar-refractivity contribution in [1.82, 2.24) is 10.1 Å². The second-order valence-electron chi connectivity index (χ2n) is 6.28. The number of amides is 2. The zero-order chi connectivity index (χ0) is 20.2. The molecular weight excluding hydrogens is 372 g/mol. The Bertz CT molecular complexity index is 1180. The molecule has 0 atom stereocenters. The van der Waals surface area contributed by atoms with Gasteiger partial charge in [0.1, 0.15) is 5.69 Å². The van der Waals surface area contributed by atoms with E-state index in [-0.39, 0.29) is 18.2 Å². The van der Waals surface area contributed by atoms with Gasteiger partial charge in [0, 0.05) is 28.5 Å². The number of hydrogen-bond donors (Lipinski definition) is 3. The Balaban J connectivity index is 1.46. The Labute approximate surface area is 165 Å². The van der Waals surface area contributed by atoms with Crippen molar-refractivity contribution < 1.29 is 19.2 Å². The predicted octanol–water partition coefficient (Wildman–Crippen LogP) is 3.22. The first kappa shape index (κ1) is 18.3. The number of anilines is 2. The van der Waals surface area contributed by atoms with Crippen molar-refractivity contribution in [2.24, 2.45) is 0 Å². The summed E-state index contributed by atoms with van der Waals surface area (Å²) in [6.45, 7) is -0.139. The molecule has 0 radical (unpaired) electrons. The number of hydrogen-bond acceptors (Lipinski definition) is 6. The van der Waals surface area contributed by atoms with Crippen LogP contribution >= 0.6 is 0 Å². The van der Waals surface area contributed by atoms with Crippen molar-refractivity contribution in [2.75, 3.05) is 10.6 Å². The molecule has 144 valence electrons. The van der Waals surface area contributed by atoms with Gasteiger partial charge >= 0.3 is 0 Å². The van der Waals surface area contributed by atoms with E-state index in [0.717, 1.165) is 5.39 Å². The van der Waals surface area contributed by atoms with Crippen molar-refractivity contribution in [2.45, 2.75) is 6.61 Å². The summed E-state index contributed by atoms with van der Waals surface area (Å²) in [5.74, 6) is -0.707. The van der Waals surface area contributed by atoms with Crippen molar-refractivity contribution in [3.63, 3.8) is 0 Å². The van der Waals surface area contributed by atoms with E-state index in [0.29, 0.717) is 28.1 Å². The van der Waals surface area contributed by atoms with E-state index in [4.69, 9.17) is 9.63 Å². The van der Waals surface area contributed by atoms with E-state index in [2.05, 4.69) is 20.8 Å². The molecule has 2 aromatic carbocycles. The van der Waals surface area contributed by atoms with Gasteiger partial charge in [-0.3, -0.25) is 14.6 Å². The SMILES string of the molecule is O=C(Nc1cccc(NC(=O)c2ccc(CO)cn2)c1)c1ccc2cnoc2c1. The molecule has 0 fully saturated rings. The van der Waals surface area contributed by atoms with E-state index in [1.165, 1.54) is 12.3 Å². The molecule has 0 aliphatic carbocycles. The number of benzene rings is 2. The Morgan fingerprint density at radius 3 is 2.45 bits per heavy atom. The number of aliphatic hydroxyl groups excluding tert-OH is 1. The smallest absolute Gasteiger partial charge is 0.274 e. The van der Waals surface area contributed by atoms with E-state index < -0.39 is 5.91 Å². The minimum atomic E-state index is -0.395. The molecule has 4 aromatic rings. The van der Waals surface area contributed by atoms with Crippen LogP contribution in [0.5, 0.6) is 0 Å². The second kappa shape index (κ2) is 7.91. The van der Waals surface area contributed by atoms with Gasteiger partial charge in [0.25, 0.3) is 11.8 Å². The maximum absolute atomic E-state index is 12.5. The van der Waals surface area contributed by atoms with Gasteiger partial charge < -0.3 is 20.3 Å². The standard InChI is InChI=1S/C21H16N4O4/c26-12-13-4-7-18(22-10-13)21(28)25-17-3-1-2-16(9-17)24-20(27)14-5-6-15-11-23-29-19(15)8-14/h1-11,26H,12H2,(H,24,27)(H,25,28). The Kier molecular flexibility index (Phi) is 5.00. The van der Waals surface area contributed by atoms with Crippen molar-refractivity contribution in [3.8, 4) is 0 Å². The van der Waals surface area contributed by atoms with Crippen molar-refractivity contribution in [3.05, 3.63) is 83.8 Å². The highest BCUT2D eigenvalue weighted by molar-refractivity contribution is 6.07. The summed E-state index contributed by atoms with van der Waals surface area (Å²) >= 11 is 0. The average molecular weight is 388 g/mol. The van der Waals surface area contributed by atoms with Gasteiger partial charge in [0.15, 0.2) is 5.58 Å². The van der Waals surface area contributed by atoms with Crippen LogP contribution in [0.1, 0.15) is 26.4 Å². The molecule has 0 spiro atoms. The van der Waals surface area contributed by atoms with Gasteiger partial charge in [-0.05, 0) is 48.0 Å². The molecule has 8 nitrogen and oxygen atoms in total. The van der Waals surface area contributed by atoms with E-state index >= 15 is 0 Å². The topological polar surface area (TPSA) is 117 Å². The largest absolute Gasteiger partial charge is 0.392 e. The highest BCUT2D eigenvalue weighted by Gasteiger charge is 2.11. The van der Waals surface area contributed by atoms with Gasteiger partial charge in [-0.25, -0.2) is 0 Å². The lowest BCUT2D eigenvalue weighted by atomic mass is 10.1. The fraction of sp³-hybridized carbons (Fsp3) is 0.0476. The van der Waals surface area contributed by atoms with E-state index in [1.807, 2.05) is 0 Å². The summed E-state index contributed by atoms with van der Waals surface area (Å²) in [4.78, 5) is 28.9. The number of carbonyl (C=O) groups is 2. The van der Waals surface area contributed by atoms with Gasteiger partial charge in [0.05, 0.1) is 12.8 Å². The normalized spacial score (nSPS) is 10.7. The second-order valence-corrected chi connectivity index (χ2v) is 6.28. The lowest BCUT2D eigenvalue weighted by Gasteiger charge is -2.09. The van der Waals surface area contributed by atoms with Crippen LogP contribution in [0.4, 0.5) is 11.4 Å². The summed E-state index contributed by atoms with van der Waals surface area (Å²) in [5.41, 5.74) is 2.82. The number of aliphatic hydroxyl groups is 1. The lowest BCUT2D eigenvalue weighted by molar-refractivity contribution is 0.101. The number of carbonyl (C=O) groups excluding carboxylic acids is 2. The molecule has 3 N–H and O–H groups in total. The molecule has 0 unspecified atom stereocenters. The van der Waals surface area contributed by atoms with E-state index in [9.17, 15) is 9.59 Å². The summed E-state index contributed by atoms with van der Waals surface area (Å²) in [5, 5.41) is 19.1. The van der Waals surface area contributed by atoms with Crippen LogP contribution < -0.4 is 10.6 Å². The molecule has 0 bridgehead atoms. The summed E-state index contributed by atoms with van der Waals surface area (Å²) in [6.07, 6.45) is 3.02. The van der Waals surface area contributed by atoms with Gasteiger partial charge in [-0.15, -0.1) is 0 Å². The van der Waals surface area contributed by atoms with Crippen LogP contribution in [0.25, 0.3) is 11.0 Å². The van der Waals surface area contributed by atoms with Crippen LogP contribution in [-0.4, -0.2) is 27.1 Å². The maximum atomic E-state index is 12.5. The molecular formula is C21H16N4O4. The predicted molar refractivity (Wildman–Crippen MR) is 107 cm³/mol. The van der Waals surface area contributed by atoms with Crippen molar-refractivity contribution >= 4 is 34.2 Å². The van der Waals surface area contributed by atoms with Crippen LogP contribution in [0.2, 0.25) is 0 Å². The van der Waals surface area contributed by atoms with Crippen LogP contribution in [-0.2, 0) is 6.61 Å². The number of nitrogens with zero attached hydrogens (tertiary/aromatic N) is 2. The number of fused-ring (bicyclic) bond motifs is 1. The van der Waals surface area contributed by atoms with Gasteiger partial charge in [-0.1, -0.05) is 17.3 Å². The van der Waals surface area contributed by atoms with E-state index in [1.54, 1.807) is 54.7 Å². The monoisotopic (exact) mass is 388 g/mol. The molecule has 0 aliphatic rings. The third-order valence-electron chi connectivity index (χ3n) is 4.24. The minimum absolute atomic E-state index is 0.139. The molecule has 29 heavy (non-hydrogen) atoms. The molecule has 2 heterocycles. The summed E-state index contributed by atoms with van der Waals surface area (Å²) in [7, 11) is 0.